The molecule has 0 aliphatic heterocycles. The Morgan fingerprint density at radius 2 is 2.15 bits per heavy atom. The number of likely N-dealkylation sites (N-methyl/N-ethyl adjacent to an activating group) is 1. The summed E-state index contributed by atoms with van der Waals surface area (Å²) in [7, 11) is -2.64. The molecule has 1 aromatic rings. The number of thiophene rings is 1. The largest absolute Gasteiger partial charge is 0.389 e. The lowest BCUT2D eigenvalue weighted by molar-refractivity contribution is -0.383. The van der Waals surface area contributed by atoms with Crippen LogP contribution in [0.25, 0.3) is 0 Å². The smallest absolute Gasteiger partial charge is 0.306 e. The van der Waals surface area contributed by atoms with Crippen LogP contribution in [0, 0.1) is 10.1 Å². The SMILES string of the molecule is CN(CC(C)(C)O)S(=O)(=O)c1cc([N+](=O)[O-])c(NN)s1. The highest BCUT2D eigenvalue weighted by atomic mass is 32.2. The zero-order valence-electron chi connectivity index (χ0n) is 11.2. The number of nitro groups is 1. The zero-order valence-corrected chi connectivity index (χ0v) is 12.8. The van der Waals surface area contributed by atoms with Crippen LogP contribution in [0.5, 0.6) is 0 Å². The fourth-order valence-corrected chi connectivity index (χ4v) is 4.28. The Bertz CT molecular complexity index is 604. The van der Waals surface area contributed by atoms with Crippen LogP contribution in [-0.2, 0) is 10.0 Å². The van der Waals surface area contributed by atoms with E-state index in [0.29, 0.717) is 11.3 Å². The molecule has 9 nitrogen and oxygen atoms in total. The van der Waals surface area contributed by atoms with Crippen LogP contribution < -0.4 is 11.3 Å². The van der Waals surface area contributed by atoms with Gasteiger partial charge >= 0.3 is 5.69 Å². The molecular weight excluding hydrogens is 308 g/mol. The molecule has 0 unspecified atom stereocenters. The molecule has 0 saturated carbocycles. The van der Waals surface area contributed by atoms with Crippen LogP contribution in [0.1, 0.15) is 13.8 Å². The Hall–Kier alpha value is -1.27. The topological polar surface area (TPSA) is 139 Å². The maximum absolute atomic E-state index is 12.2. The van der Waals surface area contributed by atoms with Gasteiger partial charge in [-0.1, -0.05) is 11.3 Å². The summed E-state index contributed by atoms with van der Waals surface area (Å²) in [5.41, 5.74) is 0.469. The van der Waals surface area contributed by atoms with Crippen molar-refractivity contribution in [2.45, 2.75) is 23.7 Å². The van der Waals surface area contributed by atoms with E-state index in [9.17, 15) is 23.6 Å². The number of hydrogen-bond donors (Lipinski definition) is 3. The average molecular weight is 324 g/mol. The molecule has 0 atom stereocenters. The summed E-state index contributed by atoms with van der Waals surface area (Å²) in [6.07, 6.45) is 0. The molecule has 0 aromatic carbocycles. The second kappa shape index (κ2) is 5.61. The van der Waals surface area contributed by atoms with E-state index in [-0.39, 0.29) is 15.8 Å². The molecule has 0 spiro atoms. The van der Waals surface area contributed by atoms with Crippen LogP contribution in [-0.4, -0.2) is 41.9 Å². The van der Waals surface area contributed by atoms with Gasteiger partial charge in [0, 0.05) is 19.7 Å². The quantitative estimate of drug-likeness (QED) is 0.389. The van der Waals surface area contributed by atoms with Crippen molar-refractivity contribution in [1.82, 2.24) is 4.31 Å². The van der Waals surface area contributed by atoms with Crippen LogP contribution in [0.3, 0.4) is 0 Å². The molecule has 114 valence electrons. The van der Waals surface area contributed by atoms with Crippen molar-refractivity contribution in [3.05, 3.63) is 16.2 Å². The predicted octanol–water partition coefficient (Wildman–Crippen LogP) is 0.333. The highest BCUT2D eigenvalue weighted by Crippen LogP contribution is 2.37. The number of nitrogens with one attached hydrogen (secondary N) is 1. The maximum Gasteiger partial charge on any atom is 0.306 e. The first kappa shape index (κ1) is 16.8. The molecule has 0 fully saturated rings. The minimum absolute atomic E-state index is 0.0507. The Labute approximate surface area is 120 Å². The van der Waals surface area contributed by atoms with Crippen molar-refractivity contribution in [3.63, 3.8) is 0 Å². The van der Waals surface area contributed by atoms with E-state index in [1.54, 1.807) is 0 Å². The highest BCUT2D eigenvalue weighted by molar-refractivity contribution is 7.91. The molecule has 4 N–H and O–H groups in total. The number of hydrazine groups is 1. The van der Waals surface area contributed by atoms with Gasteiger partial charge in [-0.3, -0.25) is 10.1 Å². The number of sulfonamides is 1. The number of nitrogens with zero attached hydrogens (tertiary/aromatic N) is 2. The third kappa shape index (κ3) is 3.64. The van der Waals surface area contributed by atoms with E-state index >= 15 is 0 Å². The summed E-state index contributed by atoms with van der Waals surface area (Å²) < 4.78 is 25.2. The van der Waals surface area contributed by atoms with Crippen molar-refractivity contribution in [2.24, 2.45) is 5.84 Å². The summed E-state index contributed by atoms with van der Waals surface area (Å²) in [5.74, 6) is 5.13. The molecule has 0 saturated heterocycles. The van der Waals surface area contributed by atoms with Gasteiger partial charge in [-0.15, -0.1) is 0 Å². The summed E-state index contributed by atoms with van der Waals surface area (Å²) in [5, 5.41) is 20.4. The predicted molar refractivity (Wildman–Crippen MR) is 74.9 cm³/mol. The van der Waals surface area contributed by atoms with Gasteiger partial charge in [0.2, 0.25) is 0 Å². The van der Waals surface area contributed by atoms with Crippen molar-refractivity contribution in [2.75, 3.05) is 19.0 Å². The number of hydrogen-bond acceptors (Lipinski definition) is 8. The third-order valence-corrected chi connectivity index (χ3v) is 5.60. The van der Waals surface area contributed by atoms with Gasteiger partial charge in [-0.05, 0) is 13.8 Å². The molecule has 0 radical (unpaired) electrons. The summed E-state index contributed by atoms with van der Waals surface area (Å²) in [4.78, 5) is 10.1. The van der Waals surface area contributed by atoms with Gasteiger partial charge in [0.1, 0.15) is 4.21 Å². The second-order valence-electron chi connectivity index (χ2n) is 4.75. The highest BCUT2D eigenvalue weighted by Gasteiger charge is 2.31. The van der Waals surface area contributed by atoms with E-state index < -0.39 is 26.2 Å². The number of nitrogen functional groups attached to an aromatic ring is 1. The van der Waals surface area contributed by atoms with Gasteiger partial charge in [0.15, 0.2) is 5.00 Å². The minimum Gasteiger partial charge on any atom is -0.389 e. The average Bonchev–Trinajstić information content (AvgIpc) is 2.70. The molecule has 1 heterocycles. The summed E-state index contributed by atoms with van der Waals surface area (Å²) in [6, 6.07) is 0.941. The van der Waals surface area contributed by atoms with Gasteiger partial charge in [0.25, 0.3) is 10.0 Å². The molecule has 0 aliphatic rings. The van der Waals surface area contributed by atoms with E-state index in [4.69, 9.17) is 5.84 Å². The fraction of sp³-hybridized carbons (Fsp3) is 0.556. The Morgan fingerprint density at radius 1 is 1.60 bits per heavy atom. The van der Waals surface area contributed by atoms with Crippen molar-refractivity contribution in [3.8, 4) is 0 Å². The van der Waals surface area contributed by atoms with Crippen LogP contribution in [0.15, 0.2) is 10.3 Å². The monoisotopic (exact) mass is 324 g/mol. The normalized spacial score (nSPS) is 12.7. The Kier molecular flexibility index (Phi) is 4.71. The number of rotatable bonds is 6. The van der Waals surface area contributed by atoms with Crippen LogP contribution >= 0.6 is 11.3 Å². The molecule has 0 aliphatic carbocycles. The molecule has 20 heavy (non-hydrogen) atoms. The summed E-state index contributed by atoms with van der Waals surface area (Å²) in [6.45, 7) is 2.78. The fourth-order valence-electron chi connectivity index (χ4n) is 1.51. The van der Waals surface area contributed by atoms with E-state index in [1.165, 1.54) is 20.9 Å². The molecule has 1 rings (SSSR count). The zero-order chi connectivity index (χ0) is 15.7. The van der Waals surface area contributed by atoms with Gasteiger partial charge in [-0.2, -0.15) is 4.31 Å². The molecule has 0 bridgehead atoms. The molecule has 0 amide bonds. The van der Waals surface area contributed by atoms with Gasteiger partial charge in [0.05, 0.1) is 10.5 Å². The number of anilines is 1. The second-order valence-corrected chi connectivity index (χ2v) is 8.08. The molecule has 11 heteroatoms. The minimum atomic E-state index is -3.93. The first-order valence-corrected chi connectivity index (χ1v) is 7.68. The van der Waals surface area contributed by atoms with Gasteiger partial charge in [-0.25, -0.2) is 14.3 Å². The lowest BCUT2D eigenvalue weighted by Crippen LogP contribution is -2.39. The summed E-state index contributed by atoms with van der Waals surface area (Å²) >= 11 is 0.660. The maximum atomic E-state index is 12.2. The standard InChI is InChI=1S/C9H16N4O5S2/c1-9(2,14)5-12(3)20(17,18)7-4-6(13(15)16)8(11-10)19-7/h4,11,14H,5,10H2,1-3H3. The van der Waals surface area contributed by atoms with E-state index in [2.05, 4.69) is 5.43 Å². The van der Waals surface area contributed by atoms with E-state index in [1.807, 2.05) is 0 Å². The van der Waals surface area contributed by atoms with Crippen LogP contribution in [0.4, 0.5) is 10.7 Å². The van der Waals surface area contributed by atoms with Gasteiger partial charge < -0.3 is 10.5 Å². The van der Waals surface area contributed by atoms with Crippen molar-refractivity contribution >= 4 is 32.0 Å². The molecule has 1 aromatic heterocycles. The van der Waals surface area contributed by atoms with Crippen LogP contribution in [0.2, 0.25) is 0 Å². The third-order valence-electron chi connectivity index (χ3n) is 2.29. The first-order chi connectivity index (χ1) is 8.99. The first-order valence-electron chi connectivity index (χ1n) is 5.42. The van der Waals surface area contributed by atoms with Crippen molar-refractivity contribution < 1.29 is 18.4 Å². The molecular formula is C9H16N4O5S2. The van der Waals surface area contributed by atoms with Crippen molar-refractivity contribution in [1.29, 1.82) is 0 Å². The Balaban J connectivity index is 3.19. The Morgan fingerprint density at radius 3 is 2.50 bits per heavy atom. The number of nitrogens with two attached hydrogens (primary N) is 1. The lowest BCUT2D eigenvalue weighted by atomic mass is 10.1. The number of aliphatic hydroxyl groups is 1. The van der Waals surface area contributed by atoms with E-state index in [0.717, 1.165) is 10.4 Å². The lowest BCUT2D eigenvalue weighted by Gasteiger charge is -2.24.